The number of fused-ring (bicyclic) bond motifs is 1. The highest BCUT2D eigenvalue weighted by atomic mass is 32.2. The fraction of sp³-hybridized carbons (Fsp3) is 0.0667. The first kappa shape index (κ1) is 18.8. The topological polar surface area (TPSA) is 78.3 Å². The fourth-order valence-corrected chi connectivity index (χ4v) is 2.64. The van der Waals surface area contributed by atoms with Gasteiger partial charge in [0.15, 0.2) is 11.6 Å². The Morgan fingerprint density at radius 3 is 2.04 bits per heavy atom. The van der Waals surface area contributed by atoms with Gasteiger partial charge in [-0.15, -0.1) is 5.10 Å². The first-order valence-electron chi connectivity index (χ1n) is 7.00. The highest BCUT2D eigenvalue weighted by molar-refractivity contribution is 7.88. The van der Waals surface area contributed by atoms with Gasteiger partial charge in [0.25, 0.3) is 11.4 Å². The van der Waals surface area contributed by atoms with Crippen LogP contribution >= 0.6 is 0 Å². The lowest BCUT2D eigenvalue weighted by Gasteiger charge is -2.13. The summed E-state index contributed by atoms with van der Waals surface area (Å²) in [5.74, 6) is -3.65. The molecule has 12 heteroatoms. The summed E-state index contributed by atoms with van der Waals surface area (Å²) >= 11 is 0. The van der Waals surface area contributed by atoms with Crippen molar-refractivity contribution in [1.29, 1.82) is 0 Å². The summed E-state index contributed by atoms with van der Waals surface area (Å²) in [6.07, 6.45) is 0. The number of halogens is 5. The van der Waals surface area contributed by atoms with Crippen LogP contribution in [0.25, 0.3) is 16.5 Å². The van der Waals surface area contributed by atoms with Crippen LogP contribution in [0.15, 0.2) is 47.3 Å². The normalized spacial score (nSPS) is 12.3. The Morgan fingerprint density at radius 1 is 0.926 bits per heavy atom. The molecule has 142 valence electrons. The lowest BCUT2D eigenvalue weighted by Crippen LogP contribution is -2.30. The van der Waals surface area contributed by atoms with Crippen LogP contribution in [0.4, 0.5) is 22.0 Å². The minimum absolute atomic E-state index is 0.105. The van der Waals surface area contributed by atoms with Gasteiger partial charge in [-0.2, -0.15) is 26.3 Å². The highest BCUT2D eigenvalue weighted by Crippen LogP contribution is 2.29. The summed E-state index contributed by atoms with van der Waals surface area (Å²) in [6, 6.07) is 7.35. The zero-order chi connectivity index (χ0) is 20.0. The molecule has 0 spiro atoms. The molecular weight excluding hydrogens is 399 g/mol. The van der Waals surface area contributed by atoms with Gasteiger partial charge in [-0.3, -0.25) is 4.79 Å². The zero-order valence-corrected chi connectivity index (χ0v) is 13.7. The van der Waals surface area contributed by atoms with E-state index in [1.165, 1.54) is 12.1 Å². The van der Waals surface area contributed by atoms with E-state index in [9.17, 15) is 35.2 Å². The van der Waals surface area contributed by atoms with E-state index in [1.54, 1.807) is 0 Å². The van der Waals surface area contributed by atoms with Crippen molar-refractivity contribution in [3.8, 4) is 11.6 Å². The molecule has 0 aliphatic carbocycles. The molecule has 0 saturated carbocycles. The van der Waals surface area contributed by atoms with Crippen molar-refractivity contribution in [3.05, 3.63) is 64.5 Å². The van der Waals surface area contributed by atoms with Crippen molar-refractivity contribution in [1.82, 2.24) is 9.78 Å². The summed E-state index contributed by atoms with van der Waals surface area (Å²) in [7, 11) is -6.14. The quantitative estimate of drug-likeness (QED) is 0.380. The second kappa shape index (κ2) is 6.30. The van der Waals surface area contributed by atoms with Gasteiger partial charge < -0.3 is 4.18 Å². The number of alkyl halides is 3. The molecule has 3 aromatic rings. The molecule has 3 rings (SSSR count). The van der Waals surface area contributed by atoms with Crippen LogP contribution in [0, 0.1) is 11.6 Å². The van der Waals surface area contributed by atoms with Crippen molar-refractivity contribution in [3.63, 3.8) is 0 Å². The third-order valence-corrected chi connectivity index (χ3v) is 4.34. The second-order valence-electron chi connectivity index (χ2n) is 5.12. The smallest absolute Gasteiger partial charge is 0.353 e. The van der Waals surface area contributed by atoms with Crippen molar-refractivity contribution in [2.45, 2.75) is 5.51 Å². The third kappa shape index (κ3) is 3.23. The van der Waals surface area contributed by atoms with Crippen LogP contribution in [-0.4, -0.2) is 23.7 Å². The molecule has 0 aliphatic rings. The van der Waals surface area contributed by atoms with Crippen LogP contribution in [0.1, 0.15) is 0 Å². The van der Waals surface area contributed by atoms with Crippen LogP contribution in [0.2, 0.25) is 0 Å². The van der Waals surface area contributed by atoms with Gasteiger partial charge in [-0.05, 0) is 24.3 Å². The van der Waals surface area contributed by atoms with Crippen molar-refractivity contribution in [2.75, 3.05) is 0 Å². The Labute approximate surface area is 147 Å². The van der Waals surface area contributed by atoms with Crippen LogP contribution in [0.3, 0.4) is 0 Å². The molecule has 2 aromatic carbocycles. The number of hydrogen-bond acceptors (Lipinski definition) is 5. The van der Waals surface area contributed by atoms with Crippen molar-refractivity contribution >= 4 is 20.9 Å². The van der Waals surface area contributed by atoms with Crippen LogP contribution in [0.5, 0.6) is 5.88 Å². The third-order valence-electron chi connectivity index (χ3n) is 3.39. The Hall–Kier alpha value is -3.02. The molecule has 0 bridgehead atoms. The van der Waals surface area contributed by atoms with E-state index < -0.39 is 44.4 Å². The maximum absolute atomic E-state index is 14.0. The minimum atomic E-state index is -6.14. The predicted octanol–water partition coefficient (Wildman–Crippen LogP) is 2.89. The van der Waals surface area contributed by atoms with Crippen LogP contribution in [-0.2, 0) is 10.1 Å². The molecule has 0 aliphatic heterocycles. The lowest BCUT2D eigenvalue weighted by molar-refractivity contribution is -0.0501. The van der Waals surface area contributed by atoms with Gasteiger partial charge in [-0.1, -0.05) is 18.2 Å². The van der Waals surface area contributed by atoms with Crippen LogP contribution < -0.4 is 9.74 Å². The zero-order valence-electron chi connectivity index (χ0n) is 12.9. The number of rotatable bonds is 3. The minimum Gasteiger partial charge on any atom is -0.353 e. The standard InChI is InChI=1S/C15H7F5N2O4S/c16-10-6-3-7-11(17)12(10)22-14(23)9-5-2-1-4-8(9)13(21-22)26-27(24,25)15(18,19)20/h1-7H. The Balaban J connectivity index is 2.36. The number of benzene rings is 2. The van der Waals surface area contributed by atoms with E-state index in [-0.39, 0.29) is 15.5 Å². The molecule has 27 heavy (non-hydrogen) atoms. The van der Waals surface area contributed by atoms with Gasteiger partial charge in [0.05, 0.1) is 10.8 Å². The molecular formula is C15H7F5N2O4S. The Morgan fingerprint density at radius 2 is 1.48 bits per heavy atom. The molecule has 0 saturated heterocycles. The number of aromatic nitrogens is 2. The maximum atomic E-state index is 14.0. The molecule has 1 heterocycles. The van der Waals surface area contributed by atoms with E-state index in [4.69, 9.17) is 0 Å². The number of nitrogens with zero attached hydrogens (tertiary/aromatic N) is 2. The molecule has 0 N–H and O–H groups in total. The first-order valence-corrected chi connectivity index (χ1v) is 8.41. The number of para-hydroxylation sites is 1. The molecule has 6 nitrogen and oxygen atoms in total. The van der Waals surface area contributed by atoms with Gasteiger partial charge in [0, 0.05) is 0 Å². The Kier molecular flexibility index (Phi) is 4.38. The van der Waals surface area contributed by atoms with E-state index in [1.807, 2.05) is 0 Å². The van der Waals surface area contributed by atoms with Gasteiger partial charge in [0.1, 0.15) is 5.69 Å². The first-order chi connectivity index (χ1) is 12.5. The molecule has 0 radical (unpaired) electrons. The highest BCUT2D eigenvalue weighted by Gasteiger charge is 2.49. The van der Waals surface area contributed by atoms with E-state index in [2.05, 4.69) is 9.28 Å². The second-order valence-corrected chi connectivity index (χ2v) is 6.66. The fourth-order valence-electron chi connectivity index (χ4n) is 2.22. The van der Waals surface area contributed by atoms with Gasteiger partial charge in [-0.25, -0.2) is 8.78 Å². The summed E-state index contributed by atoms with van der Waals surface area (Å²) in [5, 5.41) is 2.57. The monoisotopic (exact) mass is 406 g/mol. The molecule has 1 aromatic heterocycles. The van der Waals surface area contributed by atoms with Crippen molar-refractivity contribution in [2.24, 2.45) is 0 Å². The number of hydrogen-bond donors (Lipinski definition) is 0. The Bertz CT molecular complexity index is 1180. The summed E-state index contributed by atoms with van der Waals surface area (Å²) < 4.78 is 92.6. The average molecular weight is 406 g/mol. The molecule has 0 unspecified atom stereocenters. The SMILES string of the molecule is O=c1c2ccccc2c(OS(=O)(=O)C(F)(F)F)nn1-c1c(F)cccc1F. The summed E-state index contributed by atoms with van der Waals surface area (Å²) in [4.78, 5) is 12.5. The average Bonchev–Trinajstić information content (AvgIpc) is 2.57. The summed E-state index contributed by atoms with van der Waals surface area (Å²) in [5.41, 5.74) is -7.87. The summed E-state index contributed by atoms with van der Waals surface area (Å²) in [6.45, 7) is 0. The predicted molar refractivity (Wildman–Crippen MR) is 82.9 cm³/mol. The molecule has 0 amide bonds. The maximum Gasteiger partial charge on any atom is 0.534 e. The molecule has 0 atom stereocenters. The van der Waals surface area contributed by atoms with E-state index in [0.29, 0.717) is 0 Å². The van der Waals surface area contributed by atoms with E-state index in [0.717, 1.165) is 30.3 Å². The van der Waals surface area contributed by atoms with E-state index >= 15 is 0 Å². The molecule has 0 fully saturated rings. The van der Waals surface area contributed by atoms with Gasteiger partial charge in [0.2, 0.25) is 0 Å². The van der Waals surface area contributed by atoms with Crippen molar-refractivity contribution < 1.29 is 34.6 Å². The lowest BCUT2D eigenvalue weighted by atomic mass is 10.2. The van der Waals surface area contributed by atoms with Gasteiger partial charge >= 0.3 is 15.6 Å². The largest absolute Gasteiger partial charge is 0.534 e.